The van der Waals surface area contributed by atoms with Gasteiger partial charge in [-0.2, -0.15) is 0 Å². The molecular formula is C9H6Cl2O. The van der Waals surface area contributed by atoms with Crippen LogP contribution in [0.1, 0.15) is 5.76 Å². The molecule has 0 radical (unpaired) electrons. The van der Waals surface area contributed by atoms with E-state index in [9.17, 15) is 0 Å². The summed E-state index contributed by atoms with van der Waals surface area (Å²) >= 11 is 11.9. The standard InChI is InChI=1S/C9H6Cl2O/c1-5-9(11)8-6(10)3-2-4-7(8)12-5/h2-4H,1H3. The fourth-order valence-corrected chi connectivity index (χ4v) is 1.73. The van der Waals surface area contributed by atoms with Crippen LogP contribution in [0.5, 0.6) is 0 Å². The van der Waals surface area contributed by atoms with Crippen molar-refractivity contribution in [2.75, 3.05) is 0 Å². The van der Waals surface area contributed by atoms with Crippen LogP contribution in [0.25, 0.3) is 11.0 Å². The predicted octanol–water partition coefficient (Wildman–Crippen LogP) is 4.05. The Bertz CT molecular complexity index is 431. The first kappa shape index (κ1) is 7.96. The lowest BCUT2D eigenvalue weighted by Gasteiger charge is -1.90. The second-order valence-corrected chi connectivity index (χ2v) is 3.37. The van der Waals surface area contributed by atoms with E-state index in [1.54, 1.807) is 6.07 Å². The molecule has 0 atom stereocenters. The summed E-state index contributed by atoms with van der Waals surface area (Å²) in [5.41, 5.74) is 0.741. The maximum atomic E-state index is 5.97. The average molecular weight is 201 g/mol. The van der Waals surface area contributed by atoms with Gasteiger partial charge in [-0.15, -0.1) is 0 Å². The van der Waals surface area contributed by atoms with Gasteiger partial charge in [-0.05, 0) is 19.1 Å². The first-order chi connectivity index (χ1) is 5.70. The highest BCUT2D eigenvalue weighted by Gasteiger charge is 2.10. The predicted molar refractivity (Wildman–Crippen MR) is 51.0 cm³/mol. The zero-order valence-electron chi connectivity index (χ0n) is 6.40. The van der Waals surface area contributed by atoms with Crippen LogP contribution in [0.15, 0.2) is 22.6 Å². The molecule has 0 fully saturated rings. The molecular weight excluding hydrogens is 195 g/mol. The highest BCUT2D eigenvalue weighted by atomic mass is 35.5. The third kappa shape index (κ3) is 1.01. The monoisotopic (exact) mass is 200 g/mol. The molecule has 0 aliphatic rings. The smallest absolute Gasteiger partial charge is 0.137 e. The number of hydrogen-bond donors (Lipinski definition) is 0. The van der Waals surface area contributed by atoms with Gasteiger partial charge in [0.1, 0.15) is 11.3 Å². The summed E-state index contributed by atoms with van der Waals surface area (Å²) in [5, 5.41) is 2.04. The number of fused-ring (bicyclic) bond motifs is 1. The van der Waals surface area contributed by atoms with Crippen LogP contribution in [0.3, 0.4) is 0 Å². The molecule has 0 saturated heterocycles. The average Bonchev–Trinajstić information content (AvgIpc) is 2.29. The maximum absolute atomic E-state index is 5.97. The van der Waals surface area contributed by atoms with Crippen molar-refractivity contribution in [3.8, 4) is 0 Å². The summed E-state index contributed by atoms with van der Waals surface area (Å²) in [4.78, 5) is 0. The lowest BCUT2D eigenvalue weighted by Crippen LogP contribution is -1.66. The molecule has 2 rings (SSSR count). The Kier molecular flexibility index (Phi) is 1.78. The van der Waals surface area contributed by atoms with E-state index in [-0.39, 0.29) is 0 Å². The van der Waals surface area contributed by atoms with Crippen LogP contribution in [0, 0.1) is 6.92 Å². The van der Waals surface area contributed by atoms with Gasteiger partial charge in [0.05, 0.1) is 15.4 Å². The molecule has 0 saturated carbocycles. The van der Waals surface area contributed by atoms with E-state index in [2.05, 4.69) is 0 Å². The van der Waals surface area contributed by atoms with Gasteiger partial charge in [-0.1, -0.05) is 29.3 Å². The van der Waals surface area contributed by atoms with Gasteiger partial charge in [0.25, 0.3) is 0 Å². The first-order valence-corrected chi connectivity index (χ1v) is 4.29. The zero-order valence-corrected chi connectivity index (χ0v) is 7.91. The molecule has 1 aromatic heterocycles. The second-order valence-electron chi connectivity index (χ2n) is 2.59. The second kappa shape index (κ2) is 2.68. The zero-order chi connectivity index (χ0) is 8.72. The Hall–Kier alpha value is -0.660. The molecule has 0 spiro atoms. The molecule has 0 aliphatic carbocycles. The van der Waals surface area contributed by atoms with Crippen molar-refractivity contribution in [2.45, 2.75) is 6.92 Å². The van der Waals surface area contributed by atoms with E-state index < -0.39 is 0 Å². The normalized spacial score (nSPS) is 10.9. The van der Waals surface area contributed by atoms with Crippen LogP contribution < -0.4 is 0 Å². The number of rotatable bonds is 0. The molecule has 0 amide bonds. The molecule has 1 heterocycles. The molecule has 1 aromatic carbocycles. The maximum Gasteiger partial charge on any atom is 0.137 e. The van der Waals surface area contributed by atoms with E-state index in [1.165, 1.54) is 0 Å². The molecule has 0 N–H and O–H groups in total. The lowest BCUT2D eigenvalue weighted by molar-refractivity contribution is 0.579. The molecule has 0 unspecified atom stereocenters. The van der Waals surface area contributed by atoms with Crippen molar-refractivity contribution in [2.24, 2.45) is 0 Å². The summed E-state index contributed by atoms with van der Waals surface area (Å²) in [6.07, 6.45) is 0. The number of hydrogen-bond acceptors (Lipinski definition) is 1. The van der Waals surface area contributed by atoms with Crippen LogP contribution in [-0.2, 0) is 0 Å². The Labute approximate surface area is 79.9 Å². The van der Waals surface area contributed by atoms with Crippen molar-refractivity contribution >= 4 is 34.2 Å². The SMILES string of the molecule is Cc1oc2cccc(Cl)c2c1Cl. The van der Waals surface area contributed by atoms with Crippen molar-refractivity contribution in [3.05, 3.63) is 34.0 Å². The fraction of sp³-hybridized carbons (Fsp3) is 0.111. The van der Waals surface area contributed by atoms with Gasteiger partial charge < -0.3 is 4.42 Å². The highest BCUT2D eigenvalue weighted by Crippen LogP contribution is 2.34. The van der Waals surface area contributed by atoms with E-state index in [1.807, 2.05) is 19.1 Å². The molecule has 1 nitrogen and oxygen atoms in total. The number of halogens is 2. The topological polar surface area (TPSA) is 13.1 Å². The number of aryl methyl sites for hydroxylation is 1. The Morgan fingerprint density at radius 2 is 2.00 bits per heavy atom. The minimum Gasteiger partial charge on any atom is -0.460 e. The summed E-state index contributed by atoms with van der Waals surface area (Å²) in [7, 11) is 0. The van der Waals surface area contributed by atoms with Gasteiger partial charge in [0.2, 0.25) is 0 Å². The lowest BCUT2D eigenvalue weighted by atomic mass is 10.2. The summed E-state index contributed by atoms with van der Waals surface area (Å²) in [6.45, 7) is 1.82. The van der Waals surface area contributed by atoms with Crippen molar-refractivity contribution < 1.29 is 4.42 Å². The summed E-state index contributed by atoms with van der Waals surface area (Å²) in [6, 6.07) is 5.48. The van der Waals surface area contributed by atoms with Crippen LogP contribution in [0.2, 0.25) is 10.0 Å². The minimum atomic E-state index is 0.607. The van der Waals surface area contributed by atoms with Crippen molar-refractivity contribution in [1.29, 1.82) is 0 Å². The van der Waals surface area contributed by atoms with E-state index in [0.29, 0.717) is 15.8 Å². The van der Waals surface area contributed by atoms with Crippen LogP contribution in [-0.4, -0.2) is 0 Å². The minimum absolute atomic E-state index is 0.607. The molecule has 0 aliphatic heterocycles. The van der Waals surface area contributed by atoms with E-state index >= 15 is 0 Å². The number of furan rings is 1. The van der Waals surface area contributed by atoms with Crippen molar-refractivity contribution in [3.63, 3.8) is 0 Å². The van der Waals surface area contributed by atoms with Gasteiger partial charge in [0.15, 0.2) is 0 Å². The Balaban J connectivity index is 2.97. The van der Waals surface area contributed by atoms with Crippen LogP contribution >= 0.6 is 23.2 Å². The highest BCUT2D eigenvalue weighted by molar-refractivity contribution is 6.42. The molecule has 3 heteroatoms. The molecule has 12 heavy (non-hydrogen) atoms. The van der Waals surface area contributed by atoms with E-state index in [0.717, 1.165) is 11.0 Å². The fourth-order valence-electron chi connectivity index (χ4n) is 1.19. The molecule has 62 valence electrons. The third-order valence-corrected chi connectivity index (χ3v) is 2.54. The molecule has 2 aromatic rings. The van der Waals surface area contributed by atoms with Gasteiger partial charge in [-0.25, -0.2) is 0 Å². The van der Waals surface area contributed by atoms with E-state index in [4.69, 9.17) is 27.6 Å². The van der Waals surface area contributed by atoms with Crippen LogP contribution in [0.4, 0.5) is 0 Å². The van der Waals surface area contributed by atoms with Crippen molar-refractivity contribution in [1.82, 2.24) is 0 Å². The first-order valence-electron chi connectivity index (χ1n) is 3.53. The quantitative estimate of drug-likeness (QED) is 0.626. The van der Waals surface area contributed by atoms with Gasteiger partial charge in [0, 0.05) is 0 Å². The van der Waals surface area contributed by atoms with Gasteiger partial charge >= 0.3 is 0 Å². The molecule has 0 bridgehead atoms. The third-order valence-electron chi connectivity index (χ3n) is 1.77. The summed E-state index contributed by atoms with van der Waals surface area (Å²) < 4.78 is 5.36. The largest absolute Gasteiger partial charge is 0.460 e. The Morgan fingerprint density at radius 1 is 1.25 bits per heavy atom. The Morgan fingerprint density at radius 3 is 2.67 bits per heavy atom. The number of benzene rings is 1. The summed E-state index contributed by atoms with van der Waals surface area (Å²) in [5.74, 6) is 0.708. The van der Waals surface area contributed by atoms with Gasteiger partial charge in [-0.3, -0.25) is 0 Å².